The van der Waals surface area contributed by atoms with Gasteiger partial charge in [0.1, 0.15) is 0 Å². The molecule has 7 nitrogen and oxygen atoms in total. The monoisotopic (exact) mass is 402 g/mol. The molecule has 0 saturated carbocycles. The molecule has 1 aromatic heterocycles. The van der Waals surface area contributed by atoms with Gasteiger partial charge in [-0.15, -0.1) is 0 Å². The van der Waals surface area contributed by atoms with Gasteiger partial charge in [0.05, 0.1) is 5.69 Å². The number of anilines is 1. The van der Waals surface area contributed by atoms with Crippen LogP contribution in [0.3, 0.4) is 0 Å². The molecular weight excluding hydrogens is 389 g/mol. The Kier molecular flexibility index (Phi) is 4.72. The van der Waals surface area contributed by atoms with Gasteiger partial charge in [0, 0.05) is 17.8 Å². The summed E-state index contributed by atoms with van der Waals surface area (Å²) >= 11 is 0. The Balaban J connectivity index is 2.01. The van der Waals surface area contributed by atoms with E-state index < -0.39 is 33.0 Å². The van der Waals surface area contributed by atoms with Crippen molar-refractivity contribution in [2.24, 2.45) is 0 Å². The van der Waals surface area contributed by atoms with Crippen molar-refractivity contribution in [2.45, 2.75) is 18.3 Å². The molecule has 2 N–H and O–H groups in total. The number of fused-ring (bicyclic) bond motifs is 1. The number of hydrogen-bond acceptors (Lipinski definition) is 6. The number of aromatic carboxylic acids is 1. The number of nitrogens with zero attached hydrogens (tertiary/aromatic N) is 1. The van der Waals surface area contributed by atoms with Gasteiger partial charge in [-0.3, -0.25) is 0 Å². The number of aryl methyl sites for hydroxylation is 1. The minimum Gasteiger partial charge on any atom is -0.476 e. The van der Waals surface area contributed by atoms with Crippen LogP contribution in [0.4, 0.5) is 18.9 Å². The van der Waals surface area contributed by atoms with E-state index in [1.807, 2.05) is 6.07 Å². The van der Waals surface area contributed by atoms with Crippen LogP contribution in [0.1, 0.15) is 22.5 Å². The van der Waals surface area contributed by atoms with E-state index in [9.17, 15) is 31.5 Å². The van der Waals surface area contributed by atoms with Gasteiger partial charge in [0.2, 0.25) is 0 Å². The minimum atomic E-state index is -6.01. The fourth-order valence-corrected chi connectivity index (χ4v) is 3.08. The molecule has 0 radical (unpaired) electrons. The van der Waals surface area contributed by atoms with E-state index in [2.05, 4.69) is 14.5 Å². The first kappa shape index (κ1) is 19.0. The van der Waals surface area contributed by atoms with E-state index in [4.69, 9.17) is 0 Å². The number of hydrogen-bond donors (Lipinski definition) is 2. The first-order chi connectivity index (χ1) is 12.6. The van der Waals surface area contributed by atoms with Gasteiger partial charge >= 0.3 is 21.6 Å². The molecule has 0 atom stereocenters. The van der Waals surface area contributed by atoms with Crippen molar-refractivity contribution in [2.75, 3.05) is 11.9 Å². The number of halogens is 3. The quantitative estimate of drug-likeness (QED) is 0.598. The number of nitrogens with one attached hydrogen (secondary N) is 1. The molecule has 2 heterocycles. The minimum absolute atomic E-state index is 0.152. The Labute approximate surface area is 151 Å². The molecule has 2 aromatic rings. The highest BCUT2D eigenvalue weighted by atomic mass is 32.2. The SMILES string of the molecule is O=C(O)c1nc(-c2ccc3c(c2)NCCC3)ccc1OS(=O)(=O)C(F)(F)F. The number of alkyl halides is 3. The first-order valence-electron chi connectivity index (χ1n) is 7.71. The lowest BCUT2D eigenvalue weighted by molar-refractivity contribution is -0.0500. The number of carboxylic acid groups (broad SMARTS) is 1. The highest BCUT2D eigenvalue weighted by Crippen LogP contribution is 2.32. The summed E-state index contributed by atoms with van der Waals surface area (Å²) in [5.74, 6) is -2.74. The van der Waals surface area contributed by atoms with Crippen molar-refractivity contribution in [1.29, 1.82) is 0 Å². The lowest BCUT2D eigenvalue weighted by Gasteiger charge is -2.18. The number of aromatic nitrogens is 1. The van der Waals surface area contributed by atoms with Crippen LogP contribution in [0.2, 0.25) is 0 Å². The Hall–Kier alpha value is -2.82. The zero-order valence-corrected chi connectivity index (χ0v) is 14.4. The van der Waals surface area contributed by atoms with Crippen molar-refractivity contribution in [3.05, 3.63) is 41.6 Å². The van der Waals surface area contributed by atoms with Crippen LogP contribution in [-0.4, -0.2) is 36.5 Å². The second-order valence-corrected chi connectivity index (χ2v) is 7.27. The molecular formula is C16H13F3N2O5S. The molecule has 0 fully saturated rings. The summed E-state index contributed by atoms with van der Waals surface area (Å²) in [6, 6.07) is 7.32. The van der Waals surface area contributed by atoms with Crippen molar-refractivity contribution < 1.29 is 35.7 Å². The predicted octanol–water partition coefficient (Wildman–Crippen LogP) is 3.03. The molecule has 0 unspecified atom stereocenters. The summed E-state index contributed by atoms with van der Waals surface area (Å²) in [6.07, 6.45) is 1.87. The van der Waals surface area contributed by atoms with Gasteiger partial charge in [-0.25, -0.2) is 9.78 Å². The standard InChI is InChI=1S/C16H13F3N2O5S/c17-16(18,19)27(24,25)26-13-6-5-11(21-14(13)15(22)23)10-4-3-9-2-1-7-20-12(9)8-10/h3-6,8,20H,1-2,7H2,(H,22,23). The van der Waals surface area contributed by atoms with Crippen molar-refractivity contribution in [1.82, 2.24) is 4.98 Å². The summed E-state index contributed by atoms with van der Waals surface area (Å²) < 4.78 is 63.6. The topological polar surface area (TPSA) is 106 Å². The molecule has 1 aromatic carbocycles. The maximum absolute atomic E-state index is 12.5. The highest BCUT2D eigenvalue weighted by Gasteiger charge is 2.49. The number of carbonyl (C=O) groups is 1. The highest BCUT2D eigenvalue weighted by molar-refractivity contribution is 7.88. The molecule has 3 rings (SSSR count). The molecule has 0 spiro atoms. The van der Waals surface area contributed by atoms with E-state index >= 15 is 0 Å². The van der Waals surface area contributed by atoms with Crippen LogP contribution in [0, 0.1) is 0 Å². The zero-order valence-electron chi connectivity index (χ0n) is 13.6. The van der Waals surface area contributed by atoms with Gasteiger partial charge in [-0.05, 0) is 36.6 Å². The molecule has 1 aliphatic heterocycles. The summed E-state index contributed by atoms with van der Waals surface area (Å²) in [4.78, 5) is 15.1. The van der Waals surface area contributed by atoms with Crippen LogP contribution in [0.15, 0.2) is 30.3 Å². The Morgan fingerprint density at radius 2 is 1.96 bits per heavy atom. The fourth-order valence-electron chi connectivity index (χ4n) is 2.61. The zero-order chi connectivity index (χ0) is 19.8. The molecule has 11 heteroatoms. The Morgan fingerprint density at radius 3 is 2.63 bits per heavy atom. The molecule has 0 amide bonds. The van der Waals surface area contributed by atoms with E-state index in [0.29, 0.717) is 5.56 Å². The smallest absolute Gasteiger partial charge is 0.476 e. The number of pyridine rings is 1. The van der Waals surface area contributed by atoms with Crippen LogP contribution in [-0.2, 0) is 16.5 Å². The Morgan fingerprint density at radius 1 is 1.22 bits per heavy atom. The summed E-state index contributed by atoms with van der Waals surface area (Å²) in [5, 5.41) is 12.4. The lowest BCUT2D eigenvalue weighted by Crippen LogP contribution is -2.28. The average molecular weight is 402 g/mol. The summed E-state index contributed by atoms with van der Waals surface area (Å²) in [6.45, 7) is 0.784. The van der Waals surface area contributed by atoms with Crippen LogP contribution in [0.25, 0.3) is 11.3 Å². The van der Waals surface area contributed by atoms with Crippen molar-refractivity contribution in [3.63, 3.8) is 0 Å². The maximum Gasteiger partial charge on any atom is 0.534 e. The molecule has 27 heavy (non-hydrogen) atoms. The normalized spacial score (nSPS) is 14.2. The predicted molar refractivity (Wildman–Crippen MR) is 89.0 cm³/mol. The third-order valence-corrected chi connectivity index (χ3v) is 4.85. The van der Waals surface area contributed by atoms with Gasteiger partial charge in [-0.2, -0.15) is 21.6 Å². The molecule has 1 aliphatic rings. The van der Waals surface area contributed by atoms with Crippen molar-refractivity contribution in [3.8, 4) is 17.0 Å². The molecule has 0 aliphatic carbocycles. The first-order valence-corrected chi connectivity index (χ1v) is 9.11. The lowest BCUT2D eigenvalue weighted by atomic mass is 10.00. The van der Waals surface area contributed by atoms with Gasteiger partial charge in [0.15, 0.2) is 11.4 Å². The van der Waals surface area contributed by atoms with Gasteiger partial charge < -0.3 is 14.6 Å². The maximum atomic E-state index is 12.5. The van der Waals surface area contributed by atoms with Crippen LogP contribution >= 0.6 is 0 Å². The number of rotatable bonds is 4. The number of benzene rings is 1. The van der Waals surface area contributed by atoms with Gasteiger partial charge in [0.25, 0.3) is 0 Å². The number of carboxylic acids is 1. The third kappa shape index (κ3) is 3.82. The second kappa shape index (κ2) is 6.72. The Bertz CT molecular complexity index is 1010. The van der Waals surface area contributed by atoms with Gasteiger partial charge in [-0.1, -0.05) is 12.1 Å². The van der Waals surface area contributed by atoms with Crippen LogP contribution < -0.4 is 9.50 Å². The van der Waals surface area contributed by atoms with E-state index in [1.165, 1.54) is 6.07 Å². The van der Waals surface area contributed by atoms with Crippen molar-refractivity contribution >= 4 is 21.8 Å². The average Bonchev–Trinajstić information content (AvgIpc) is 2.60. The molecule has 0 saturated heterocycles. The fraction of sp³-hybridized carbons (Fsp3) is 0.250. The molecule has 144 valence electrons. The van der Waals surface area contributed by atoms with E-state index in [1.54, 1.807) is 12.1 Å². The third-order valence-electron chi connectivity index (χ3n) is 3.89. The summed E-state index contributed by atoms with van der Waals surface area (Å²) in [7, 11) is -6.01. The van der Waals surface area contributed by atoms with E-state index in [0.717, 1.165) is 36.7 Å². The summed E-state index contributed by atoms with van der Waals surface area (Å²) in [5.41, 5.74) is -4.01. The molecule has 0 bridgehead atoms. The van der Waals surface area contributed by atoms with E-state index in [-0.39, 0.29) is 5.69 Å². The largest absolute Gasteiger partial charge is 0.534 e. The van der Waals surface area contributed by atoms with Crippen LogP contribution in [0.5, 0.6) is 5.75 Å². The second-order valence-electron chi connectivity index (χ2n) is 5.73.